The molecule has 0 aliphatic carbocycles. The Labute approximate surface area is 103 Å². The summed E-state index contributed by atoms with van der Waals surface area (Å²) in [6.07, 6.45) is 1.46. The maximum atomic E-state index is 11.0. The van der Waals surface area contributed by atoms with Crippen LogP contribution in [0.1, 0.15) is 10.4 Å². The van der Waals surface area contributed by atoms with E-state index in [2.05, 4.69) is 9.97 Å². The Hall–Kier alpha value is -2.63. The molecule has 6 heteroatoms. The molecule has 6 nitrogen and oxygen atoms in total. The second-order valence-corrected chi connectivity index (χ2v) is 3.28. The molecule has 0 fully saturated rings. The number of nitrogens with zero attached hydrogens (tertiary/aromatic N) is 2. The number of methoxy groups -OCH3 is 1. The van der Waals surface area contributed by atoms with E-state index in [0.717, 1.165) is 0 Å². The molecule has 0 radical (unpaired) electrons. The maximum absolute atomic E-state index is 11.0. The van der Waals surface area contributed by atoms with Crippen LogP contribution >= 0.6 is 0 Å². The average Bonchev–Trinajstić information content (AvgIpc) is 2.39. The summed E-state index contributed by atoms with van der Waals surface area (Å²) in [7, 11) is 1.47. The third-order valence-electron chi connectivity index (χ3n) is 2.14. The molecule has 0 bridgehead atoms. The highest BCUT2D eigenvalue weighted by molar-refractivity contribution is 5.90. The molecule has 2 aromatic rings. The first kappa shape index (κ1) is 11.8. The van der Waals surface area contributed by atoms with Gasteiger partial charge in [0.15, 0.2) is 0 Å². The number of benzene rings is 1. The van der Waals surface area contributed by atoms with Gasteiger partial charge in [-0.25, -0.2) is 9.78 Å². The van der Waals surface area contributed by atoms with Gasteiger partial charge >= 0.3 is 12.0 Å². The molecule has 0 saturated heterocycles. The predicted octanol–water partition coefficient (Wildman–Crippen LogP) is 1.98. The first-order valence-corrected chi connectivity index (χ1v) is 5.08. The molecule has 0 amide bonds. The molecule has 0 spiro atoms. The van der Waals surface area contributed by atoms with Crippen molar-refractivity contribution in [2.45, 2.75) is 0 Å². The largest absolute Gasteiger partial charge is 0.481 e. The molecular formula is C12H10N2O4. The Bertz CT molecular complexity index is 572. The minimum Gasteiger partial charge on any atom is -0.481 e. The number of rotatable bonds is 4. The molecule has 1 N–H and O–H groups in total. The molecule has 1 heterocycles. The summed E-state index contributed by atoms with van der Waals surface area (Å²) in [5.41, 5.74) is 0.0453. The first-order valence-electron chi connectivity index (χ1n) is 5.08. The number of para-hydroxylation sites is 1. The van der Waals surface area contributed by atoms with Gasteiger partial charge in [0.25, 0.3) is 0 Å². The van der Waals surface area contributed by atoms with Crippen LogP contribution in [-0.4, -0.2) is 28.2 Å². The maximum Gasteiger partial charge on any atom is 0.339 e. The number of hydrogen-bond acceptors (Lipinski definition) is 5. The number of hydrogen-bond donors (Lipinski definition) is 1. The lowest BCUT2D eigenvalue weighted by atomic mass is 10.2. The fourth-order valence-corrected chi connectivity index (χ4v) is 1.32. The van der Waals surface area contributed by atoms with Gasteiger partial charge in [-0.2, -0.15) is 4.98 Å². The van der Waals surface area contributed by atoms with Crippen molar-refractivity contribution >= 4 is 5.97 Å². The van der Waals surface area contributed by atoms with Gasteiger partial charge < -0.3 is 14.6 Å². The molecule has 1 aromatic carbocycles. The van der Waals surface area contributed by atoms with Gasteiger partial charge in [0, 0.05) is 12.3 Å². The minimum absolute atomic E-state index is 0.0306. The second kappa shape index (κ2) is 5.13. The average molecular weight is 246 g/mol. The lowest BCUT2D eigenvalue weighted by molar-refractivity contribution is 0.0694. The molecular weight excluding hydrogens is 236 g/mol. The number of carboxylic acid groups (broad SMARTS) is 1. The summed E-state index contributed by atoms with van der Waals surface area (Å²) in [4.78, 5) is 18.8. The topological polar surface area (TPSA) is 81.5 Å². The number of aromatic carboxylic acids is 1. The van der Waals surface area contributed by atoms with E-state index in [1.165, 1.54) is 25.4 Å². The van der Waals surface area contributed by atoms with Crippen molar-refractivity contribution in [1.82, 2.24) is 9.97 Å². The van der Waals surface area contributed by atoms with Crippen LogP contribution in [0.4, 0.5) is 0 Å². The van der Waals surface area contributed by atoms with Crippen LogP contribution in [0.15, 0.2) is 36.5 Å². The number of carbonyl (C=O) groups is 1. The van der Waals surface area contributed by atoms with E-state index in [1.807, 2.05) is 0 Å². The van der Waals surface area contributed by atoms with E-state index in [1.54, 1.807) is 18.2 Å². The molecule has 0 atom stereocenters. The van der Waals surface area contributed by atoms with Crippen molar-refractivity contribution in [3.63, 3.8) is 0 Å². The third-order valence-corrected chi connectivity index (χ3v) is 2.14. The quantitative estimate of drug-likeness (QED) is 0.888. The lowest BCUT2D eigenvalue weighted by Crippen LogP contribution is -2.01. The van der Waals surface area contributed by atoms with Gasteiger partial charge in [-0.15, -0.1) is 0 Å². The standard InChI is InChI=1S/C12H10N2O4/c1-17-10-6-7-13-12(14-10)18-9-5-3-2-4-8(9)11(15)16/h2-7H,1H3,(H,15,16). The van der Waals surface area contributed by atoms with Gasteiger partial charge in [0.2, 0.25) is 5.88 Å². The van der Waals surface area contributed by atoms with Crippen LogP contribution in [0.5, 0.6) is 17.6 Å². The van der Waals surface area contributed by atoms with E-state index in [4.69, 9.17) is 14.6 Å². The van der Waals surface area contributed by atoms with Gasteiger partial charge in [-0.1, -0.05) is 12.1 Å². The highest BCUT2D eigenvalue weighted by atomic mass is 16.5. The Kier molecular flexibility index (Phi) is 3.38. The van der Waals surface area contributed by atoms with Crippen LogP contribution in [0.25, 0.3) is 0 Å². The lowest BCUT2D eigenvalue weighted by Gasteiger charge is -2.07. The van der Waals surface area contributed by atoms with Crippen LogP contribution < -0.4 is 9.47 Å². The van der Waals surface area contributed by atoms with Crippen LogP contribution in [0.2, 0.25) is 0 Å². The molecule has 0 aliphatic rings. The Balaban J connectivity index is 2.31. The summed E-state index contributed by atoms with van der Waals surface area (Å²) >= 11 is 0. The number of ether oxygens (including phenoxy) is 2. The molecule has 1 aromatic heterocycles. The van der Waals surface area contributed by atoms with Gasteiger partial charge in [-0.05, 0) is 12.1 Å². The minimum atomic E-state index is -1.08. The summed E-state index contributed by atoms with van der Waals surface area (Å²) in [6.45, 7) is 0. The SMILES string of the molecule is COc1ccnc(Oc2ccccc2C(=O)O)n1. The first-order chi connectivity index (χ1) is 8.70. The van der Waals surface area contributed by atoms with E-state index in [9.17, 15) is 4.79 Å². The smallest absolute Gasteiger partial charge is 0.339 e. The van der Waals surface area contributed by atoms with Crippen molar-refractivity contribution in [2.75, 3.05) is 7.11 Å². The van der Waals surface area contributed by atoms with Crippen molar-refractivity contribution in [3.8, 4) is 17.6 Å². The highest BCUT2D eigenvalue weighted by Gasteiger charge is 2.12. The van der Waals surface area contributed by atoms with Crippen LogP contribution in [-0.2, 0) is 0 Å². The van der Waals surface area contributed by atoms with Crippen molar-refractivity contribution in [1.29, 1.82) is 0 Å². The van der Waals surface area contributed by atoms with Crippen LogP contribution in [0, 0.1) is 0 Å². The van der Waals surface area contributed by atoms with Crippen molar-refractivity contribution in [3.05, 3.63) is 42.1 Å². The second-order valence-electron chi connectivity index (χ2n) is 3.28. The van der Waals surface area contributed by atoms with E-state index >= 15 is 0 Å². The van der Waals surface area contributed by atoms with Gasteiger partial charge in [0.1, 0.15) is 11.3 Å². The third kappa shape index (κ3) is 2.54. The van der Waals surface area contributed by atoms with E-state index in [0.29, 0.717) is 5.88 Å². The molecule has 2 rings (SSSR count). The number of carboxylic acids is 1. The fraction of sp³-hybridized carbons (Fsp3) is 0.0833. The summed E-state index contributed by atoms with van der Waals surface area (Å²) in [6, 6.07) is 7.85. The number of aromatic nitrogens is 2. The van der Waals surface area contributed by atoms with Gasteiger partial charge in [0.05, 0.1) is 7.11 Å². The molecule has 92 valence electrons. The van der Waals surface area contributed by atoms with E-state index in [-0.39, 0.29) is 17.3 Å². The molecule has 0 unspecified atom stereocenters. The fourth-order valence-electron chi connectivity index (χ4n) is 1.32. The summed E-state index contributed by atoms with van der Waals surface area (Å²) in [5.74, 6) is -0.556. The normalized spacial score (nSPS) is 9.83. The monoisotopic (exact) mass is 246 g/mol. The zero-order valence-corrected chi connectivity index (χ0v) is 9.53. The summed E-state index contributed by atoms with van der Waals surface area (Å²) in [5, 5.41) is 9.00. The Morgan fingerprint density at radius 1 is 1.28 bits per heavy atom. The summed E-state index contributed by atoms with van der Waals surface area (Å²) < 4.78 is 10.3. The Morgan fingerprint density at radius 2 is 2.06 bits per heavy atom. The van der Waals surface area contributed by atoms with Crippen molar-refractivity contribution in [2.24, 2.45) is 0 Å². The zero-order valence-electron chi connectivity index (χ0n) is 9.53. The Morgan fingerprint density at radius 3 is 2.78 bits per heavy atom. The predicted molar refractivity (Wildman–Crippen MR) is 62.1 cm³/mol. The highest BCUT2D eigenvalue weighted by Crippen LogP contribution is 2.23. The van der Waals surface area contributed by atoms with Crippen LogP contribution in [0.3, 0.4) is 0 Å². The molecule has 0 saturated carbocycles. The molecule has 18 heavy (non-hydrogen) atoms. The van der Waals surface area contributed by atoms with Crippen molar-refractivity contribution < 1.29 is 19.4 Å². The van der Waals surface area contributed by atoms with E-state index < -0.39 is 5.97 Å². The van der Waals surface area contributed by atoms with Gasteiger partial charge in [-0.3, -0.25) is 0 Å². The zero-order chi connectivity index (χ0) is 13.0. The molecule has 0 aliphatic heterocycles.